The van der Waals surface area contributed by atoms with E-state index in [1.165, 1.54) is 6.07 Å². The number of methoxy groups -OCH3 is 1. The molecule has 2 unspecified atom stereocenters. The summed E-state index contributed by atoms with van der Waals surface area (Å²) in [6.45, 7) is 4.19. The van der Waals surface area contributed by atoms with Crippen molar-refractivity contribution in [2.24, 2.45) is 0 Å². The molecule has 4 rings (SSSR count). The van der Waals surface area contributed by atoms with Crippen molar-refractivity contribution in [1.29, 1.82) is 0 Å². The summed E-state index contributed by atoms with van der Waals surface area (Å²) in [4.78, 5) is 18.0. The number of aromatic nitrogens is 2. The SMILES string of the molecule is COc1ccccc1-c1noc(-c2ccc(N3C(C)CCC3C)c([N+](=O)[O-])c2)n1. The van der Waals surface area contributed by atoms with Crippen LogP contribution >= 0.6 is 0 Å². The molecule has 0 amide bonds. The van der Waals surface area contributed by atoms with Gasteiger partial charge in [-0.05, 0) is 51.0 Å². The average Bonchev–Trinajstić information content (AvgIpc) is 3.34. The Morgan fingerprint density at radius 3 is 2.59 bits per heavy atom. The van der Waals surface area contributed by atoms with E-state index in [2.05, 4.69) is 28.9 Å². The van der Waals surface area contributed by atoms with Gasteiger partial charge in [0.25, 0.3) is 11.6 Å². The Morgan fingerprint density at radius 1 is 1.17 bits per heavy atom. The molecule has 8 nitrogen and oxygen atoms in total. The number of para-hydroxylation sites is 1. The highest BCUT2D eigenvalue weighted by Gasteiger charge is 2.32. The van der Waals surface area contributed by atoms with Crippen LogP contribution in [0, 0.1) is 10.1 Å². The minimum atomic E-state index is -0.353. The largest absolute Gasteiger partial charge is 0.496 e. The Kier molecular flexibility index (Phi) is 4.92. The van der Waals surface area contributed by atoms with Gasteiger partial charge in [-0.3, -0.25) is 10.1 Å². The molecule has 1 aromatic heterocycles. The molecule has 0 radical (unpaired) electrons. The van der Waals surface area contributed by atoms with Crippen molar-refractivity contribution in [1.82, 2.24) is 10.1 Å². The fourth-order valence-electron chi connectivity index (χ4n) is 3.97. The summed E-state index contributed by atoms with van der Waals surface area (Å²) < 4.78 is 10.7. The van der Waals surface area contributed by atoms with Gasteiger partial charge >= 0.3 is 0 Å². The van der Waals surface area contributed by atoms with Crippen molar-refractivity contribution in [3.8, 4) is 28.6 Å². The Morgan fingerprint density at radius 2 is 1.90 bits per heavy atom. The van der Waals surface area contributed by atoms with E-state index in [1.807, 2.05) is 24.3 Å². The molecule has 0 aliphatic carbocycles. The van der Waals surface area contributed by atoms with Gasteiger partial charge in [0.15, 0.2) is 0 Å². The summed E-state index contributed by atoms with van der Waals surface area (Å²) in [6, 6.07) is 12.9. The number of benzene rings is 2. The topological polar surface area (TPSA) is 94.5 Å². The lowest BCUT2D eigenvalue weighted by Crippen LogP contribution is -2.33. The van der Waals surface area contributed by atoms with Gasteiger partial charge in [-0.1, -0.05) is 17.3 Å². The highest BCUT2D eigenvalue weighted by atomic mass is 16.6. The van der Waals surface area contributed by atoms with Crippen LogP contribution in [0.2, 0.25) is 0 Å². The second kappa shape index (κ2) is 7.54. The molecule has 2 aromatic carbocycles. The monoisotopic (exact) mass is 394 g/mol. The maximum Gasteiger partial charge on any atom is 0.293 e. The molecular formula is C21H22N4O4. The Labute approximate surface area is 168 Å². The number of anilines is 1. The first kappa shape index (κ1) is 18.9. The summed E-state index contributed by atoms with van der Waals surface area (Å²) in [5.41, 5.74) is 1.87. The van der Waals surface area contributed by atoms with Crippen molar-refractivity contribution in [2.75, 3.05) is 12.0 Å². The molecule has 0 spiro atoms. The number of rotatable bonds is 5. The molecular weight excluding hydrogens is 372 g/mol. The van der Waals surface area contributed by atoms with Crippen LogP contribution in [0.5, 0.6) is 5.75 Å². The molecule has 29 heavy (non-hydrogen) atoms. The Balaban J connectivity index is 1.73. The van der Waals surface area contributed by atoms with E-state index in [9.17, 15) is 10.1 Å². The predicted octanol–water partition coefficient (Wildman–Crippen LogP) is 4.70. The van der Waals surface area contributed by atoms with Crippen LogP contribution in [0.4, 0.5) is 11.4 Å². The summed E-state index contributed by atoms with van der Waals surface area (Å²) in [6.07, 6.45) is 2.04. The first-order valence-electron chi connectivity index (χ1n) is 9.54. The van der Waals surface area contributed by atoms with Crippen LogP contribution in [0.3, 0.4) is 0 Å². The molecule has 3 aromatic rings. The van der Waals surface area contributed by atoms with Crippen molar-refractivity contribution in [2.45, 2.75) is 38.8 Å². The quantitative estimate of drug-likeness (QED) is 0.457. The summed E-state index contributed by atoms with van der Waals surface area (Å²) in [7, 11) is 1.57. The normalized spacial score (nSPS) is 18.8. The summed E-state index contributed by atoms with van der Waals surface area (Å²) in [5, 5.41) is 15.8. The van der Waals surface area contributed by atoms with E-state index in [1.54, 1.807) is 19.2 Å². The number of ether oxygens (including phenoxy) is 1. The molecule has 150 valence electrons. The molecule has 0 saturated carbocycles. The lowest BCUT2D eigenvalue weighted by atomic mass is 10.1. The Bertz CT molecular complexity index is 1040. The molecule has 8 heteroatoms. The van der Waals surface area contributed by atoms with Crippen LogP contribution in [0.25, 0.3) is 22.8 Å². The van der Waals surface area contributed by atoms with Crippen LogP contribution in [0.15, 0.2) is 47.0 Å². The molecule has 1 saturated heterocycles. The van der Waals surface area contributed by atoms with Crippen molar-refractivity contribution < 1.29 is 14.2 Å². The zero-order chi connectivity index (χ0) is 20.5. The van der Waals surface area contributed by atoms with Crippen LogP contribution in [0.1, 0.15) is 26.7 Å². The molecule has 0 bridgehead atoms. The van der Waals surface area contributed by atoms with Gasteiger partial charge < -0.3 is 14.2 Å². The minimum absolute atomic E-state index is 0.0418. The third-order valence-corrected chi connectivity index (χ3v) is 5.42. The van der Waals surface area contributed by atoms with E-state index < -0.39 is 0 Å². The van der Waals surface area contributed by atoms with E-state index in [0.717, 1.165) is 12.8 Å². The Hall–Kier alpha value is -3.42. The average molecular weight is 394 g/mol. The van der Waals surface area contributed by atoms with Gasteiger partial charge in [0, 0.05) is 23.7 Å². The van der Waals surface area contributed by atoms with Gasteiger partial charge in [0.2, 0.25) is 5.82 Å². The highest BCUT2D eigenvalue weighted by Crippen LogP contribution is 2.39. The smallest absolute Gasteiger partial charge is 0.293 e. The lowest BCUT2D eigenvalue weighted by molar-refractivity contribution is -0.384. The third-order valence-electron chi connectivity index (χ3n) is 5.42. The maximum absolute atomic E-state index is 11.8. The first-order valence-corrected chi connectivity index (χ1v) is 9.54. The number of nitro benzene ring substituents is 1. The first-order chi connectivity index (χ1) is 14.0. The van der Waals surface area contributed by atoms with Gasteiger partial charge in [0.05, 0.1) is 17.6 Å². The number of nitrogens with zero attached hydrogens (tertiary/aromatic N) is 4. The lowest BCUT2D eigenvalue weighted by Gasteiger charge is -2.28. The summed E-state index contributed by atoms with van der Waals surface area (Å²) >= 11 is 0. The second-order valence-electron chi connectivity index (χ2n) is 7.27. The predicted molar refractivity (Wildman–Crippen MR) is 109 cm³/mol. The zero-order valence-electron chi connectivity index (χ0n) is 16.5. The molecule has 1 aliphatic rings. The second-order valence-corrected chi connectivity index (χ2v) is 7.27. The summed E-state index contributed by atoms with van der Waals surface area (Å²) in [5.74, 6) is 1.22. The van der Waals surface area contributed by atoms with Crippen LogP contribution in [-0.2, 0) is 0 Å². The van der Waals surface area contributed by atoms with E-state index >= 15 is 0 Å². The van der Waals surface area contributed by atoms with Gasteiger partial charge in [-0.25, -0.2) is 0 Å². The van der Waals surface area contributed by atoms with E-state index in [-0.39, 0.29) is 28.6 Å². The minimum Gasteiger partial charge on any atom is -0.496 e. The van der Waals surface area contributed by atoms with E-state index in [4.69, 9.17) is 9.26 Å². The molecule has 0 N–H and O–H groups in total. The molecule has 2 atom stereocenters. The van der Waals surface area contributed by atoms with Crippen LogP contribution < -0.4 is 9.64 Å². The molecule has 1 aliphatic heterocycles. The van der Waals surface area contributed by atoms with E-state index in [0.29, 0.717) is 28.4 Å². The van der Waals surface area contributed by atoms with Crippen LogP contribution in [-0.4, -0.2) is 34.3 Å². The standard InChI is InChI=1S/C21H22N4O4/c1-13-8-9-14(2)24(13)17-11-10-15(12-18(17)25(26)27)21-22-20(23-29-21)16-6-4-5-7-19(16)28-3/h4-7,10-14H,8-9H2,1-3H3. The van der Waals surface area contributed by atoms with Gasteiger partial charge in [-0.2, -0.15) is 4.98 Å². The zero-order valence-corrected chi connectivity index (χ0v) is 16.5. The molecule has 2 heterocycles. The highest BCUT2D eigenvalue weighted by molar-refractivity contribution is 5.73. The number of hydrogen-bond donors (Lipinski definition) is 0. The maximum atomic E-state index is 11.8. The van der Waals surface area contributed by atoms with Crippen molar-refractivity contribution in [3.63, 3.8) is 0 Å². The van der Waals surface area contributed by atoms with Crippen molar-refractivity contribution in [3.05, 3.63) is 52.6 Å². The number of nitro groups is 1. The van der Waals surface area contributed by atoms with Gasteiger partial charge in [0.1, 0.15) is 11.4 Å². The fraction of sp³-hybridized carbons (Fsp3) is 0.333. The third kappa shape index (κ3) is 3.41. The van der Waals surface area contributed by atoms with Crippen molar-refractivity contribution >= 4 is 11.4 Å². The fourth-order valence-corrected chi connectivity index (χ4v) is 3.97. The van der Waals surface area contributed by atoms with Gasteiger partial charge in [-0.15, -0.1) is 0 Å². The number of hydrogen-bond acceptors (Lipinski definition) is 7. The molecule has 1 fully saturated rings.